The van der Waals surface area contributed by atoms with Gasteiger partial charge in [0.15, 0.2) is 0 Å². The first kappa shape index (κ1) is 13.8. The van der Waals surface area contributed by atoms with E-state index in [2.05, 4.69) is 19.0 Å². The molecule has 0 aromatic carbocycles. The van der Waals surface area contributed by atoms with E-state index in [0.717, 1.165) is 12.3 Å². The minimum Gasteiger partial charge on any atom is -0.469 e. The minimum absolute atomic E-state index is 0.0496. The summed E-state index contributed by atoms with van der Waals surface area (Å²) in [4.78, 5) is 13.4. The van der Waals surface area contributed by atoms with Gasteiger partial charge in [-0.05, 0) is 56.8 Å². The van der Waals surface area contributed by atoms with Gasteiger partial charge in [0.25, 0.3) is 0 Å². The number of hydrogen-bond acceptors (Lipinski definition) is 4. The van der Waals surface area contributed by atoms with Crippen molar-refractivity contribution in [2.24, 2.45) is 5.41 Å². The molecule has 1 aliphatic rings. The predicted octanol–water partition coefficient (Wildman–Crippen LogP) is 2.01. The molecule has 0 bridgehead atoms. The summed E-state index contributed by atoms with van der Waals surface area (Å²) >= 11 is 1.98. The molecule has 16 heavy (non-hydrogen) atoms. The molecule has 0 radical (unpaired) electrons. The van der Waals surface area contributed by atoms with Crippen molar-refractivity contribution < 1.29 is 9.53 Å². The number of methoxy groups -OCH3 is 1. The van der Waals surface area contributed by atoms with Crippen molar-refractivity contribution in [1.82, 2.24) is 4.90 Å². The maximum atomic E-state index is 11.2. The molecule has 0 aliphatic heterocycles. The molecule has 0 aromatic rings. The third-order valence-corrected chi connectivity index (χ3v) is 4.40. The number of carbonyl (C=O) groups excluding carboxylic acids is 1. The van der Waals surface area contributed by atoms with Crippen LogP contribution < -0.4 is 0 Å². The molecule has 94 valence electrons. The fourth-order valence-corrected chi connectivity index (χ4v) is 3.00. The zero-order valence-electron chi connectivity index (χ0n) is 10.6. The van der Waals surface area contributed by atoms with E-state index < -0.39 is 0 Å². The molecule has 1 aliphatic carbocycles. The van der Waals surface area contributed by atoms with Crippen LogP contribution in [0.1, 0.15) is 25.7 Å². The molecule has 0 atom stereocenters. The van der Waals surface area contributed by atoms with Crippen LogP contribution in [0.2, 0.25) is 0 Å². The van der Waals surface area contributed by atoms with E-state index >= 15 is 0 Å². The lowest BCUT2D eigenvalue weighted by Crippen LogP contribution is -2.15. The van der Waals surface area contributed by atoms with Crippen molar-refractivity contribution in [2.75, 3.05) is 39.3 Å². The van der Waals surface area contributed by atoms with E-state index in [1.165, 1.54) is 32.1 Å². The molecule has 0 unspecified atom stereocenters. The normalized spacial score (nSPS) is 17.5. The molecule has 1 fully saturated rings. The number of nitrogens with zero attached hydrogens (tertiary/aromatic N) is 1. The lowest BCUT2D eigenvalue weighted by molar-refractivity contribution is -0.141. The second-order valence-corrected chi connectivity index (χ2v) is 6.07. The van der Waals surface area contributed by atoms with E-state index in [1.54, 1.807) is 0 Å². The van der Waals surface area contributed by atoms with Crippen molar-refractivity contribution in [3.8, 4) is 0 Å². The highest BCUT2D eigenvalue weighted by atomic mass is 32.2. The van der Waals surface area contributed by atoms with E-state index in [-0.39, 0.29) is 11.4 Å². The third-order valence-electron chi connectivity index (χ3n) is 3.01. The highest BCUT2D eigenvalue weighted by molar-refractivity contribution is 7.99. The third kappa shape index (κ3) is 5.21. The molecule has 4 heteroatoms. The lowest BCUT2D eigenvalue weighted by atomic mass is 10.1. The smallest absolute Gasteiger partial charge is 0.306 e. The van der Waals surface area contributed by atoms with Crippen molar-refractivity contribution in [1.29, 1.82) is 0 Å². The molecule has 1 rings (SSSR count). The average Bonchev–Trinajstić information content (AvgIpc) is 2.97. The zero-order chi connectivity index (χ0) is 12.0. The summed E-state index contributed by atoms with van der Waals surface area (Å²) in [5, 5.41) is 0. The highest BCUT2D eigenvalue weighted by Crippen LogP contribution is 2.51. The standard InChI is InChI=1S/C12H23NO2S/c1-13(2)7-4-8-16-10-12(5-6-12)9-11(14)15-3/h4-10H2,1-3H3. The van der Waals surface area contributed by atoms with Crippen molar-refractivity contribution in [2.45, 2.75) is 25.7 Å². The van der Waals surface area contributed by atoms with Crippen LogP contribution in [0.15, 0.2) is 0 Å². The summed E-state index contributed by atoms with van der Waals surface area (Å²) in [5.74, 6) is 2.27. The number of thioether (sulfide) groups is 1. The summed E-state index contributed by atoms with van der Waals surface area (Å²) < 4.78 is 4.73. The van der Waals surface area contributed by atoms with Crippen LogP contribution in [-0.4, -0.2) is 50.1 Å². The fraction of sp³-hybridized carbons (Fsp3) is 0.917. The van der Waals surface area contributed by atoms with Gasteiger partial charge in [-0.15, -0.1) is 0 Å². The van der Waals surface area contributed by atoms with Crippen LogP contribution in [0.3, 0.4) is 0 Å². The summed E-state index contributed by atoms with van der Waals surface area (Å²) in [7, 11) is 5.68. The first-order chi connectivity index (χ1) is 7.58. The maximum Gasteiger partial charge on any atom is 0.306 e. The molecule has 0 aromatic heterocycles. The Labute approximate surface area is 103 Å². The second-order valence-electron chi connectivity index (χ2n) is 4.96. The Morgan fingerprint density at radius 3 is 2.62 bits per heavy atom. The number of ether oxygens (including phenoxy) is 1. The Balaban J connectivity index is 2.06. The first-order valence-electron chi connectivity index (χ1n) is 5.87. The zero-order valence-corrected chi connectivity index (χ0v) is 11.4. The molecule has 0 saturated heterocycles. The van der Waals surface area contributed by atoms with Gasteiger partial charge in [-0.3, -0.25) is 4.79 Å². The van der Waals surface area contributed by atoms with Gasteiger partial charge in [0, 0.05) is 0 Å². The first-order valence-corrected chi connectivity index (χ1v) is 7.03. The van der Waals surface area contributed by atoms with Gasteiger partial charge < -0.3 is 9.64 Å². The number of esters is 1. The Kier molecular flexibility index (Phi) is 5.62. The molecule has 0 spiro atoms. The van der Waals surface area contributed by atoms with Crippen molar-refractivity contribution >= 4 is 17.7 Å². The highest BCUT2D eigenvalue weighted by Gasteiger charge is 2.44. The average molecular weight is 245 g/mol. The largest absolute Gasteiger partial charge is 0.469 e. The van der Waals surface area contributed by atoms with Crippen LogP contribution in [0.4, 0.5) is 0 Å². The lowest BCUT2D eigenvalue weighted by Gasteiger charge is -2.13. The van der Waals surface area contributed by atoms with Crippen molar-refractivity contribution in [3.05, 3.63) is 0 Å². The molecule has 0 amide bonds. The van der Waals surface area contributed by atoms with Gasteiger partial charge in [-0.2, -0.15) is 11.8 Å². The molecule has 0 heterocycles. The van der Waals surface area contributed by atoms with Gasteiger partial charge in [0.05, 0.1) is 13.5 Å². The van der Waals surface area contributed by atoms with Crippen LogP contribution >= 0.6 is 11.8 Å². The van der Waals surface area contributed by atoms with E-state index in [0.29, 0.717) is 6.42 Å². The molecular weight excluding hydrogens is 222 g/mol. The number of hydrogen-bond donors (Lipinski definition) is 0. The molecule has 1 saturated carbocycles. The number of carbonyl (C=O) groups is 1. The summed E-state index contributed by atoms with van der Waals surface area (Å²) in [6.45, 7) is 1.15. The predicted molar refractivity (Wildman–Crippen MR) is 68.8 cm³/mol. The van der Waals surface area contributed by atoms with E-state index in [9.17, 15) is 4.79 Å². The van der Waals surface area contributed by atoms with E-state index in [1.807, 2.05) is 11.8 Å². The van der Waals surface area contributed by atoms with Crippen molar-refractivity contribution in [3.63, 3.8) is 0 Å². The minimum atomic E-state index is -0.0496. The van der Waals surface area contributed by atoms with Gasteiger partial charge in [-0.25, -0.2) is 0 Å². The van der Waals surface area contributed by atoms with Gasteiger partial charge in [0.1, 0.15) is 0 Å². The summed E-state index contributed by atoms with van der Waals surface area (Å²) in [6, 6.07) is 0. The maximum absolute atomic E-state index is 11.2. The summed E-state index contributed by atoms with van der Waals surface area (Å²) in [5.41, 5.74) is 0.288. The number of rotatable bonds is 8. The van der Waals surface area contributed by atoms with Gasteiger partial charge >= 0.3 is 5.97 Å². The Morgan fingerprint density at radius 2 is 2.12 bits per heavy atom. The monoisotopic (exact) mass is 245 g/mol. The van der Waals surface area contributed by atoms with Crippen LogP contribution in [0.25, 0.3) is 0 Å². The fourth-order valence-electron chi connectivity index (χ4n) is 1.70. The SMILES string of the molecule is COC(=O)CC1(CSCCCN(C)C)CC1. The molecular formula is C12H23NO2S. The quantitative estimate of drug-likeness (QED) is 0.483. The van der Waals surface area contributed by atoms with Gasteiger partial charge in [-0.1, -0.05) is 0 Å². The summed E-state index contributed by atoms with van der Waals surface area (Å²) in [6.07, 6.45) is 4.24. The Bertz CT molecular complexity index is 227. The van der Waals surface area contributed by atoms with Gasteiger partial charge in [0.2, 0.25) is 0 Å². The molecule has 0 N–H and O–H groups in total. The Hall–Kier alpha value is -0.220. The topological polar surface area (TPSA) is 29.5 Å². The van der Waals surface area contributed by atoms with Crippen LogP contribution in [0.5, 0.6) is 0 Å². The molecule has 3 nitrogen and oxygen atoms in total. The van der Waals surface area contributed by atoms with E-state index in [4.69, 9.17) is 4.74 Å². The Morgan fingerprint density at radius 1 is 1.44 bits per heavy atom. The van der Waals surface area contributed by atoms with Crippen LogP contribution in [0, 0.1) is 5.41 Å². The van der Waals surface area contributed by atoms with Crippen LogP contribution in [-0.2, 0) is 9.53 Å². The second kappa shape index (κ2) is 6.50.